The molecule has 0 fully saturated rings. The van der Waals surface area contributed by atoms with Crippen molar-refractivity contribution in [3.8, 4) is 0 Å². The predicted octanol–water partition coefficient (Wildman–Crippen LogP) is 2.80. The number of rotatable bonds is 9. The van der Waals surface area contributed by atoms with Crippen LogP contribution in [-0.4, -0.2) is 31.8 Å². The molecule has 0 heterocycles. The van der Waals surface area contributed by atoms with Crippen molar-refractivity contribution in [3.63, 3.8) is 0 Å². The number of anilines is 1. The number of halogens is 1. The van der Waals surface area contributed by atoms with Gasteiger partial charge in [0.05, 0.1) is 16.3 Å². The number of nitrogens with one attached hydrogen (secondary N) is 2. The lowest BCUT2D eigenvalue weighted by Crippen LogP contribution is -2.25. The first-order valence-electron chi connectivity index (χ1n) is 8.16. The second-order valence-electron chi connectivity index (χ2n) is 5.74. The van der Waals surface area contributed by atoms with Gasteiger partial charge in [0.25, 0.3) is 0 Å². The molecule has 0 saturated heterocycles. The Balaban J connectivity index is 1.99. The standard InChI is InChI=1S/C18H20FN3O4S/c1-13(21-22-16-8-6-15(19)7-9-16)14-4-10-17(11-5-14)27(25,26)20-12-2-3-18(23)24/h4-11,20,22H,2-3,12H2,1H3,(H,23,24)/b21-13-. The van der Waals surface area contributed by atoms with E-state index in [1.807, 2.05) is 0 Å². The molecule has 27 heavy (non-hydrogen) atoms. The van der Waals surface area contributed by atoms with Gasteiger partial charge in [0.2, 0.25) is 10.0 Å². The van der Waals surface area contributed by atoms with E-state index in [0.29, 0.717) is 11.4 Å². The summed E-state index contributed by atoms with van der Waals surface area (Å²) in [6.07, 6.45) is 0.117. The van der Waals surface area contributed by atoms with Gasteiger partial charge in [-0.15, -0.1) is 0 Å². The molecule has 0 aliphatic heterocycles. The molecule has 9 heteroatoms. The van der Waals surface area contributed by atoms with Crippen LogP contribution in [0.1, 0.15) is 25.3 Å². The zero-order chi connectivity index (χ0) is 19.9. The molecule has 0 aromatic heterocycles. The van der Waals surface area contributed by atoms with Crippen LogP contribution < -0.4 is 10.1 Å². The lowest BCUT2D eigenvalue weighted by atomic mass is 10.1. The van der Waals surface area contributed by atoms with Crippen LogP contribution in [0.15, 0.2) is 58.5 Å². The van der Waals surface area contributed by atoms with Gasteiger partial charge in [0.1, 0.15) is 5.82 Å². The number of sulfonamides is 1. The Hall–Kier alpha value is -2.78. The molecular weight excluding hydrogens is 373 g/mol. The zero-order valence-electron chi connectivity index (χ0n) is 14.6. The van der Waals surface area contributed by atoms with Crippen LogP contribution in [0.25, 0.3) is 0 Å². The third-order valence-corrected chi connectivity index (χ3v) is 5.12. The Bertz CT molecular complexity index is 911. The molecule has 3 N–H and O–H groups in total. The van der Waals surface area contributed by atoms with E-state index in [1.165, 1.54) is 24.3 Å². The maximum atomic E-state index is 12.9. The summed E-state index contributed by atoms with van der Waals surface area (Å²) in [5, 5.41) is 12.7. The maximum absolute atomic E-state index is 12.9. The monoisotopic (exact) mass is 393 g/mol. The fourth-order valence-corrected chi connectivity index (χ4v) is 3.22. The summed E-state index contributed by atoms with van der Waals surface area (Å²) in [5.74, 6) is -1.31. The minimum atomic E-state index is -3.69. The van der Waals surface area contributed by atoms with Crippen molar-refractivity contribution in [1.29, 1.82) is 0 Å². The van der Waals surface area contributed by atoms with Crippen LogP contribution >= 0.6 is 0 Å². The molecule has 2 rings (SSSR count). The molecule has 0 aliphatic carbocycles. The summed E-state index contributed by atoms with van der Waals surface area (Å²) in [6, 6.07) is 11.9. The van der Waals surface area contributed by atoms with Gasteiger partial charge in [0.15, 0.2) is 0 Å². The molecule has 2 aromatic rings. The summed E-state index contributed by atoms with van der Waals surface area (Å²) < 4.78 is 39.6. The molecule has 0 unspecified atom stereocenters. The minimum Gasteiger partial charge on any atom is -0.481 e. The van der Waals surface area contributed by atoms with Gasteiger partial charge < -0.3 is 5.11 Å². The molecule has 0 spiro atoms. The van der Waals surface area contributed by atoms with E-state index in [1.54, 1.807) is 31.2 Å². The van der Waals surface area contributed by atoms with E-state index in [2.05, 4.69) is 15.2 Å². The van der Waals surface area contributed by atoms with E-state index < -0.39 is 16.0 Å². The van der Waals surface area contributed by atoms with Gasteiger partial charge >= 0.3 is 5.97 Å². The van der Waals surface area contributed by atoms with Crippen molar-refractivity contribution in [3.05, 3.63) is 59.9 Å². The normalized spacial score (nSPS) is 12.0. The zero-order valence-corrected chi connectivity index (χ0v) is 15.5. The SMILES string of the molecule is C/C(=N/Nc1ccc(F)cc1)c1ccc(S(=O)(=O)NCCCC(=O)O)cc1. The Morgan fingerprint density at radius 2 is 1.74 bits per heavy atom. The van der Waals surface area contributed by atoms with Crippen molar-refractivity contribution in [1.82, 2.24) is 4.72 Å². The van der Waals surface area contributed by atoms with E-state index in [9.17, 15) is 17.6 Å². The van der Waals surface area contributed by atoms with E-state index in [4.69, 9.17) is 5.11 Å². The topological polar surface area (TPSA) is 108 Å². The first-order valence-corrected chi connectivity index (χ1v) is 9.64. The summed E-state index contributed by atoms with van der Waals surface area (Å²) >= 11 is 0. The Morgan fingerprint density at radius 1 is 1.11 bits per heavy atom. The van der Waals surface area contributed by atoms with E-state index in [-0.39, 0.29) is 30.1 Å². The number of carboxylic acids is 1. The van der Waals surface area contributed by atoms with Gasteiger partial charge in [-0.2, -0.15) is 5.10 Å². The van der Waals surface area contributed by atoms with Crippen molar-refractivity contribution in [2.45, 2.75) is 24.7 Å². The first kappa shape index (κ1) is 20.5. The predicted molar refractivity (Wildman–Crippen MR) is 101 cm³/mol. The number of hydrazone groups is 1. The van der Waals surface area contributed by atoms with Gasteiger partial charge in [-0.05, 0) is 55.3 Å². The second-order valence-corrected chi connectivity index (χ2v) is 7.50. The number of carbonyl (C=O) groups is 1. The maximum Gasteiger partial charge on any atom is 0.303 e. The highest BCUT2D eigenvalue weighted by atomic mass is 32.2. The van der Waals surface area contributed by atoms with Crippen LogP contribution in [-0.2, 0) is 14.8 Å². The number of aliphatic carboxylic acids is 1. The van der Waals surface area contributed by atoms with Crippen molar-refractivity contribution >= 4 is 27.4 Å². The fraction of sp³-hybridized carbons (Fsp3) is 0.222. The van der Waals surface area contributed by atoms with Crippen molar-refractivity contribution in [2.75, 3.05) is 12.0 Å². The van der Waals surface area contributed by atoms with Gasteiger partial charge in [0, 0.05) is 13.0 Å². The van der Waals surface area contributed by atoms with Crippen LogP contribution in [0.2, 0.25) is 0 Å². The molecule has 0 aliphatic rings. The highest BCUT2D eigenvalue weighted by molar-refractivity contribution is 7.89. The Labute approximate surface area is 157 Å². The molecule has 0 amide bonds. The molecule has 0 bridgehead atoms. The van der Waals surface area contributed by atoms with Crippen LogP contribution in [0.5, 0.6) is 0 Å². The molecule has 2 aromatic carbocycles. The highest BCUT2D eigenvalue weighted by Crippen LogP contribution is 2.13. The summed E-state index contributed by atoms with van der Waals surface area (Å²) in [6.45, 7) is 1.81. The molecule has 0 saturated carbocycles. The lowest BCUT2D eigenvalue weighted by molar-refractivity contribution is -0.137. The van der Waals surface area contributed by atoms with Crippen LogP contribution in [0, 0.1) is 5.82 Å². The largest absolute Gasteiger partial charge is 0.481 e. The van der Waals surface area contributed by atoms with Crippen LogP contribution in [0.4, 0.5) is 10.1 Å². The number of hydrogen-bond acceptors (Lipinski definition) is 5. The molecule has 7 nitrogen and oxygen atoms in total. The smallest absolute Gasteiger partial charge is 0.303 e. The second kappa shape index (κ2) is 9.24. The minimum absolute atomic E-state index is 0.0540. The van der Waals surface area contributed by atoms with Crippen LogP contribution in [0.3, 0.4) is 0 Å². The van der Waals surface area contributed by atoms with Gasteiger partial charge in [-0.25, -0.2) is 17.5 Å². The quantitative estimate of drug-likeness (QED) is 0.345. The Kier molecular flexibility index (Phi) is 7.03. The average molecular weight is 393 g/mol. The third-order valence-electron chi connectivity index (χ3n) is 3.64. The number of carboxylic acid groups (broad SMARTS) is 1. The summed E-state index contributed by atoms with van der Waals surface area (Å²) in [5.41, 5.74) is 4.77. The molecule has 0 atom stereocenters. The molecular formula is C18H20FN3O4S. The highest BCUT2D eigenvalue weighted by Gasteiger charge is 2.13. The summed E-state index contributed by atoms with van der Waals surface area (Å²) in [7, 11) is -3.69. The van der Waals surface area contributed by atoms with E-state index in [0.717, 1.165) is 5.56 Å². The van der Waals surface area contributed by atoms with E-state index >= 15 is 0 Å². The Morgan fingerprint density at radius 3 is 2.33 bits per heavy atom. The number of benzene rings is 2. The van der Waals surface area contributed by atoms with Gasteiger partial charge in [-0.1, -0.05) is 12.1 Å². The lowest BCUT2D eigenvalue weighted by Gasteiger charge is -2.08. The molecule has 0 radical (unpaired) electrons. The van der Waals surface area contributed by atoms with Crippen molar-refractivity contribution < 1.29 is 22.7 Å². The van der Waals surface area contributed by atoms with Crippen molar-refractivity contribution in [2.24, 2.45) is 5.10 Å². The first-order chi connectivity index (χ1) is 12.8. The molecule has 144 valence electrons. The number of hydrogen-bond donors (Lipinski definition) is 3. The fourth-order valence-electron chi connectivity index (χ4n) is 2.14. The summed E-state index contributed by atoms with van der Waals surface area (Å²) in [4.78, 5) is 10.5. The third kappa shape index (κ3) is 6.46. The average Bonchev–Trinajstić information content (AvgIpc) is 2.64. The van der Waals surface area contributed by atoms with Gasteiger partial charge in [-0.3, -0.25) is 10.2 Å². The number of nitrogens with zero attached hydrogens (tertiary/aromatic N) is 1.